The van der Waals surface area contributed by atoms with Gasteiger partial charge in [0.15, 0.2) is 5.76 Å². The van der Waals surface area contributed by atoms with Crippen molar-refractivity contribution < 1.29 is 13.9 Å². The molecule has 0 aliphatic heterocycles. The Kier molecular flexibility index (Phi) is 7.13. The number of nitrogens with one attached hydrogen (secondary N) is 1. The number of amides is 1. The van der Waals surface area contributed by atoms with Crippen molar-refractivity contribution in [1.29, 1.82) is 0 Å². The van der Waals surface area contributed by atoms with Gasteiger partial charge in [0.05, 0.1) is 6.04 Å². The number of carbonyl (C=O) groups excluding carboxylic acids is 1. The molecule has 0 radical (unpaired) electrons. The smallest absolute Gasteiger partial charge is 0.287 e. The van der Waals surface area contributed by atoms with Crippen molar-refractivity contribution in [3.8, 4) is 11.4 Å². The van der Waals surface area contributed by atoms with E-state index in [9.17, 15) is 4.79 Å². The predicted molar refractivity (Wildman–Crippen MR) is 135 cm³/mol. The third kappa shape index (κ3) is 5.37. The van der Waals surface area contributed by atoms with Crippen molar-refractivity contribution in [2.75, 3.05) is 0 Å². The summed E-state index contributed by atoms with van der Waals surface area (Å²) < 4.78 is 13.8. The first kappa shape index (κ1) is 23.7. The van der Waals surface area contributed by atoms with Gasteiger partial charge in [-0.05, 0) is 85.0 Å². The minimum absolute atomic E-state index is 0.182. The standard InChI is InChI=1S/C28H29ClN2O3/c1-18(2)24-16-25(29)19(3)14-27(24)33-17-23-10-11-26(34-23)28(32)30-20(4)21-8-7-9-22(15-21)31-12-5-6-13-31/h5-16,18,20H,17H2,1-4H3,(H,30,32). The molecule has 0 fully saturated rings. The summed E-state index contributed by atoms with van der Waals surface area (Å²) in [6, 6.07) is 19.2. The fourth-order valence-corrected chi connectivity index (χ4v) is 3.96. The molecule has 1 atom stereocenters. The van der Waals surface area contributed by atoms with Crippen molar-refractivity contribution >= 4 is 17.5 Å². The third-order valence-electron chi connectivity index (χ3n) is 5.79. The molecule has 5 nitrogen and oxygen atoms in total. The van der Waals surface area contributed by atoms with Gasteiger partial charge in [0.1, 0.15) is 18.1 Å². The minimum Gasteiger partial charge on any atom is -0.485 e. The predicted octanol–water partition coefficient (Wildman–Crippen LogP) is 7.23. The fourth-order valence-electron chi connectivity index (χ4n) is 3.79. The molecule has 2 aromatic heterocycles. The zero-order chi connectivity index (χ0) is 24.2. The molecule has 34 heavy (non-hydrogen) atoms. The lowest BCUT2D eigenvalue weighted by molar-refractivity contribution is 0.0907. The quantitative estimate of drug-likeness (QED) is 0.292. The lowest BCUT2D eigenvalue weighted by Gasteiger charge is -2.15. The van der Waals surface area contributed by atoms with E-state index in [1.54, 1.807) is 12.1 Å². The van der Waals surface area contributed by atoms with Crippen LogP contribution in [0.4, 0.5) is 0 Å². The summed E-state index contributed by atoms with van der Waals surface area (Å²) in [6.45, 7) is 8.32. The molecule has 0 spiro atoms. The van der Waals surface area contributed by atoms with Gasteiger partial charge in [-0.3, -0.25) is 4.79 Å². The largest absolute Gasteiger partial charge is 0.485 e. The molecule has 4 rings (SSSR count). The molecular weight excluding hydrogens is 448 g/mol. The van der Waals surface area contributed by atoms with Gasteiger partial charge in [0.2, 0.25) is 0 Å². The Labute approximate surface area is 205 Å². The summed E-state index contributed by atoms with van der Waals surface area (Å²) in [5.74, 6) is 1.60. The average Bonchev–Trinajstić information content (AvgIpc) is 3.52. The number of furan rings is 1. The maximum absolute atomic E-state index is 12.8. The van der Waals surface area contributed by atoms with Crippen LogP contribution in [0.3, 0.4) is 0 Å². The van der Waals surface area contributed by atoms with Crippen LogP contribution in [0.2, 0.25) is 5.02 Å². The van der Waals surface area contributed by atoms with Crippen molar-refractivity contribution in [3.05, 3.63) is 106 Å². The van der Waals surface area contributed by atoms with Gasteiger partial charge in [-0.15, -0.1) is 0 Å². The van der Waals surface area contributed by atoms with Gasteiger partial charge in [-0.25, -0.2) is 0 Å². The normalized spacial score (nSPS) is 12.1. The summed E-state index contributed by atoms with van der Waals surface area (Å²) in [4.78, 5) is 12.8. The van der Waals surface area contributed by atoms with E-state index in [4.69, 9.17) is 20.8 Å². The highest BCUT2D eigenvalue weighted by atomic mass is 35.5. The average molecular weight is 477 g/mol. The van der Waals surface area contributed by atoms with Crippen LogP contribution >= 0.6 is 11.6 Å². The number of ether oxygens (including phenoxy) is 1. The Morgan fingerprint density at radius 3 is 2.56 bits per heavy atom. The van der Waals surface area contributed by atoms with Crippen molar-refractivity contribution in [2.45, 2.75) is 46.3 Å². The van der Waals surface area contributed by atoms with Gasteiger partial charge in [-0.2, -0.15) is 0 Å². The number of carbonyl (C=O) groups is 1. The second kappa shape index (κ2) is 10.2. The molecule has 6 heteroatoms. The molecule has 0 bridgehead atoms. The zero-order valence-electron chi connectivity index (χ0n) is 19.8. The van der Waals surface area contributed by atoms with E-state index in [0.717, 1.165) is 33.1 Å². The Morgan fingerprint density at radius 2 is 1.82 bits per heavy atom. The van der Waals surface area contributed by atoms with Gasteiger partial charge >= 0.3 is 0 Å². The Bertz CT molecular complexity index is 1270. The van der Waals surface area contributed by atoms with E-state index in [1.807, 2.05) is 73.3 Å². The molecule has 0 aliphatic carbocycles. The van der Waals surface area contributed by atoms with Crippen LogP contribution in [0.5, 0.6) is 5.75 Å². The van der Waals surface area contributed by atoms with E-state index in [0.29, 0.717) is 5.76 Å². The van der Waals surface area contributed by atoms with E-state index in [-0.39, 0.29) is 30.2 Å². The highest BCUT2D eigenvalue weighted by Gasteiger charge is 2.17. The van der Waals surface area contributed by atoms with E-state index >= 15 is 0 Å². The number of aromatic nitrogens is 1. The van der Waals surface area contributed by atoms with E-state index in [2.05, 4.69) is 25.2 Å². The van der Waals surface area contributed by atoms with Crippen LogP contribution in [0.1, 0.15) is 65.7 Å². The Morgan fingerprint density at radius 1 is 1.06 bits per heavy atom. The summed E-state index contributed by atoms with van der Waals surface area (Å²) >= 11 is 6.29. The third-order valence-corrected chi connectivity index (χ3v) is 6.20. The maximum Gasteiger partial charge on any atom is 0.287 e. The molecule has 0 saturated heterocycles. The van der Waals surface area contributed by atoms with Crippen molar-refractivity contribution in [1.82, 2.24) is 9.88 Å². The number of aryl methyl sites for hydroxylation is 1. The molecule has 2 aromatic carbocycles. The Hall–Kier alpha value is -3.44. The molecule has 1 N–H and O–H groups in total. The summed E-state index contributed by atoms with van der Waals surface area (Å²) in [5, 5.41) is 3.74. The number of rotatable bonds is 8. The highest BCUT2D eigenvalue weighted by Crippen LogP contribution is 2.32. The lowest BCUT2D eigenvalue weighted by atomic mass is 10.0. The Balaban J connectivity index is 1.40. The number of hydrogen-bond acceptors (Lipinski definition) is 3. The van der Waals surface area contributed by atoms with Crippen LogP contribution in [0.25, 0.3) is 5.69 Å². The first-order chi connectivity index (χ1) is 16.3. The number of nitrogens with zero attached hydrogens (tertiary/aromatic N) is 1. The molecular formula is C28H29ClN2O3. The highest BCUT2D eigenvalue weighted by molar-refractivity contribution is 6.31. The summed E-state index contributed by atoms with van der Waals surface area (Å²) in [5.41, 5.74) is 4.04. The first-order valence-corrected chi connectivity index (χ1v) is 11.8. The monoisotopic (exact) mass is 476 g/mol. The molecule has 0 aliphatic rings. The minimum atomic E-state index is -0.268. The molecule has 4 aromatic rings. The van der Waals surface area contributed by atoms with Crippen LogP contribution in [-0.2, 0) is 6.61 Å². The van der Waals surface area contributed by atoms with Gasteiger partial charge in [0, 0.05) is 23.1 Å². The van der Waals surface area contributed by atoms with Crippen molar-refractivity contribution in [2.24, 2.45) is 0 Å². The van der Waals surface area contributed by atoms with Gasteiger partial charge < -0.3 is 19.0 Å². The van der Waals surface area contributed by atoms with Crippen LogP contribution in [0.15, 0.2) is 77.5 Å². The number of benzene rings is 2. The molecule has 0 saturated carbocycles. The maximum atomic E-state index is 12.8. The summed E-state index contributed by atoms with van der Waals surface area (Å²) in [7, 11) is 0. The van der Waals surface area contributed by atoms with E-state index < -0.39 is 0 Å². The number of hydrogen-bond donors (Lipinski definition) is 1. The zero-order valence-corrected chi connectivity index (χ0v) is 20.6. The van der Waals surface area contributed by atoms with E-state index in [1.165, 1.54) is 0 Å². The topological polar surface area (TPSA) is 56.4 Å². The molecule has 1 amide bonds. The molecule has 176 valence electrons. The second-order valence-corrected chi connectivity index (χ2v) is 9.14. The first-order valence-electron chi connectivity index (χ1n) is 11.4. The van der Waals surface area contributed by atoms with Gasteiger partial charge in [0.25, 0.3) is 5.91 Å². The SMILES string of the molecule is Cc1cc(OCc2ccc(C(=O)NC(C)c3cccc(-n4cccc4)c3)o2)c(C(C)C)cc1Cl. The van der Waals surface area contributed by atoms with Crippen LogP contribution in [-0.4, -0.2) is 10.5 Å². The molecule has 1 unspecified atom stereocenters. The van der Waals surface area contributed by atoms with Gasteiger partial charge in [-0.1, -0.05) is 37.6 Å². The second-order valence-electron chi connectivity index (χ2n) is 8.73. The number of halogens is 1. The lowest BCUT2D eigenvalue weighted by Crippen LogP contribution is -2.26. The van der Waals surface area contributed by atoms with Crippen LogP contribution < -0.4 is 10.1 Å². The fraction of sp³-hybridized carbons (Fsp3) is 0.250. The van der Waals surface area contributed by atoms with Crippen LogP contribution in [0, 0.1) is 6.92 Å². The molecule has 2 heterocycles. The van der Waals surface area contributed by atoms with Crippen molar-refractivity contribution in [3.63, 3.8) is 0 Å². The summed E-state index contributed by atoms with van der Waals surface area (Å²) in [6.07, 6.45) is 3.98.